The highest BCUT2D eigenvalue weighted by Crippen LogP contribution is 2.45. The number of rotatable bonds is 6. The van der Waals surface area contributed by atoms with Crippen molar-refractivity contribution in [1.82, 2.24) is 0 Å². The van der Waals surface area contributed by atoms with Crippen molar-refractivity contribution in [3.8, 4) is 66.8 Å². The molecular weight excluding hydrogens is 649 g/mol. The summed E-state index contributed by atoms with van der Waals surface area (Å²) in [6.07, 6.45) is 0. The molecule has 10 aromatic carbocycles. The Bertz CT molecular complexity index is 2940. The van der Waals surface area contributed by atoms with Gasteiger partial charge in [-0.25, -0.2) is 0 Å². The molecule has 0 aliphatic rings. The van der Waals surface area contributed by atoms with Crippen molar-refractivity contribution >= 4 is 32.3 Å². The standard InChI is InChI=1S/C54H36/c1-4-12-37(13-5-1)44-26-27-47-36-48(29-28-46(47)35-44)50-31-33-51-52(54(50)42-17-8-3-9-18-42)32-30-49(53(51)41-15-6-2-7-16-41)40-23-20-39(21-24-40)45-25-22-38-14-10-11-19-43(38)34-45/h1-36H. The minimum Gasteiger partial charge on any atom is -0.0622 e. The minimum absolute atomic E-state index is 1.20. The summed E-state index contributed by atoms with van der Waals surface area (Å²) >= 11 is 0. The Balaban J connectivity index is 1.13. The average molecular weight is 685 g/mol. The summed E-state index contributed by atoms with van der Waals surface area (Å²) in [4.78, 5) is 0. The fourth-order valence-electron chi connectivity index (χ4n) is 8.15. The number of hydrogen-bond donors (Lipinski definition) is 0. The Kier molecular flexibility index (Phi) is 7.93. The highest BCUT2D eigenvalue weighted by atomic mass is 14.2. The van der Waals surface area contributed by atoms with E-state index in [2.05, 4.69) is 218 Å². The van der Waals surface area contributed by atoms with Crippen molar-refractivity contribution < 1.29 is 0 Å². The van der Waals surface area contributed by atoms with Gasteiger partial charge in [-0.15, -0.1) is 0 Å². The topological polar surface area (TPSA) is 0 Å². The van der Waals surface area contributed by atoms with Crippen molar-refractivity contribution in [2.45, 2.75) is 0 Å². The van der Waals surface area contributed by atoms with Gasteiger partial charge in [0.1, 0.15) is 0 Å². The van der Waals surface area contributed by atoms with Gasteiger partial charge in [0.15, 0.2) is 0 Å². The maximum atomic E-state index is 2.35. The van der Waals surface area contributed by atoms with Gasteiger partial charge in [-0.05, 0) is 117 Å². The van der Waals surface area contributed by atoms with Crippen molar-refractivity contribution in [3.63, 3.8) is 0 Å². The van der Waals surface area contributed by atoms with Crippen LogP contribution in [0.3, 0.4) is 0 Å². The highest BCUT2D eigenvalue weighted by molar-refractivity contribution is 6.13. The van der Waals surface area contributed by atoms with Crippen molar-refractivity contribution in [2.75, 3.05) is 0 Å². The van der Waals surface area contributed by atoms with E-state index in [0.29, 0.717) is 0 Å². The monoisotopic (exact) mass is 684 g/mol. The second-order valence-electron chi connectivity index (χ2n) is 14.1. The summed E-state index contributed by atoms with van der Waals surface area (Å²) in [7, 11) is 0. The Labute approximate surface area is 316 Å². The Morgan fingerprint density at radius 2 is 0.537 bits per heavy atom. The smallest absolute Gasteiger partial charge is 0.00266 e. The second kappa shape index (κ2) is 13.5. The molecule has 0 saturated carbocycles. The normalized spacial score (nSPS) is 11.3. The van der Waals surface area contributed by atoms with E-state index in [4.69, 9.17) is 0 Å². The van der Waals surface area contributed by atoms with Gasteiger partial charge in [-0.3, -0.25) is 0 Å². The van der Waals surface area contributed by atoms with E-state index in [9.17, 15) is 0 Å². The van der Waals surface area contributed by atoms with Gasteiger partial charge in [0.2, 0.25) is 0 Å². The van der Waals surface area contributed by atoms with E-state index in [0.717, 1.165) is 0 Å². The van der Waals surface area contributed by atoms with Crippen LogP contribution in [0.25, 0.3) is 99.1 Å². The number of benzene rings is 10. The molecule has 10 rings (SSSR count). The molecule has 0 heterocycles. The van der Waals surface area contributed by atoms with Crippen LogP contribution < -0.4 is 0 Å². The van der Waals surface area contributed by atoms with Crippen molar-refractivity contribution in [3.05, 3.63) is 218 Å². The molecule has 54 heavy (non-hydrogen) atoms. The van der Waals surface area contributed by atoms with E-state index in [-0.39, 0.29) is 0 Å². The summed E-state index contributed by atoms with van der Waals surface area (Å²) in [5, 5.41) is 7.48. The van der Waals surface area contributed by atoms with Crippen LogP contribution in [-0.4, -0.2) is 0 Å². The van der Waals surface area contributed by atoms with Crippen LogP contribution >= 0.6 is 0 Å². The van der Waals surface area contributed by atoms with Crippen LogP contribution in [0.1, 0.15) is 0 Å². The largest absolute Gasteiger partial charge is 0.0622 e. The number of hydrogen-bond acceptors (Lipinski definition) is 0. The Morgan fingerprint density at radius 1 is 0.185 bits per heavy atom. The van der Waals surface area contributed by atoms with Crippen LogP contribution in [0, 0.1) is 0 Å². The predicted octanol–water partition coefficient (Wildman–Crippen LogP) is 15.1. The van der Waals surface area contributed by atoms with E-state index < -0.39 is 0 Å². The highest BCUT2D eigenvalue weighted by Gasteiger charge is 2.18. The molecule has 0 radical (unpaired) electrons. The molecule has 0 amide bonds. The van der Waals surface area contributed by atoms with Gasteiger partial charge in [-0.1, -0.05) is 200 Å². The molecule has 0 atom stereocenters. The lowest BCUT2D eigenvalue weighted by atomic mass is 9.84. The molecule has 252 valence electrons. The van der Waals surface area contributed by atoms with E-state index in [1.54, 1.807) is 0 Å². The van der Waals surface area contributed by atoms with E-state index in [1.807, 2.05) is 0 Å². The molecule has 0 spiro atoms. The first-order valence-electron chi connectivity index (χ1n) is 18.7. The fraction of sp³-hybridized carbons (Fsp3) is 0. The first-order valence-corrected chi connectivity index (χ1v) is 18.7. The van der Waals surface area contributed by atoms with Crippen LogP contribution in [0.5, 0.6) is 0 Å². The molecule has 0 aliphatic carbocycles. The van der Waals surface area contributed by atoms with Crippen LogP contribution in [0.2, 0.25) is 0 Å². The summed E-state index contributed by atoms with van der Waals surface area (Å²) in [6.45, 7) is 0. The molecule has 0 nitrogen and oxygen atoms in total. The lowest BCUT2D eigenvalue weighted by molar-refractivity contribution is 1.58. The SMILES string of the molecule is c1ccc(-c2ccc3cc(-c4ccc5c(-c6ccccc6)c(-c6ccc(-c7ccc8ccccc8c7)cc6)ccc5c4-c4ccccc4)ccc3c2)cc1. The van der Waals surface area contributed by atoms with Gasteiger partial charge >= 0.3 is 0 Å². The molecule has 10 aromatic rings. The molecule has 0 N–H and O–H groups in total. The van der Waals surface area contributed by atoms with Crippen LogP contribution in [-0.2, 0) is 0 Å². The van der Waals surface area contributed by atoms with Gasteiger partial charge in [0.05, 0.1) is 0 Å². The lowest BCUT2D eigenvalue weighted by Crippen LogP contribution is -1.93. The average Bonchev–Trinajstić information content (AvgIpc) is 3.26. The maximum absolute atomic E-state index is 2.35. The zero-order valence-corrected chi connectivity index (χ0v) is 29.8. The molecule has 0 aliphatic heterocycles. The first kappa shape index (κ1) is 31.7. The summed E-state index contributed by atoms with van der Waals surface area (Å²) in [6, 6.07) is 79.8. The van der Waals surface area contributed by atoms with Crippen LogP contribution in [0.15, 0.2) is 218 Å². The lowest BCUT2D eigenvalue weighted by Gasteiger charge is -2.20. The second-order valence-corrected chi connectivity index (χ2v) is 14.1. The zero-order chi connectivity index (χ0) is 35.8. The fourth-order valence-corrected chi connectivity index (χ4v) is 8.15. The third-order valence-electron chi connectivity index (χ3n) is 10.9. The summed E-state index contributed by atoms with van der Waals surface area (Å²) in [5.74, 6) is 0. The molecule has 0 fully saturated rings. The zero-order valence-electron chi connectivity index (χ0n) is 29.8. The van der Waals surface area contributed by atoms with Crippen LogP contribution in [0.4, 0.5) is 0 Å². The molecule has 0 unspecified atom stereocenters. The molecular formula is C54H36. The predicted molar refractivity (Wildman–Crippen MR) is 232 cm³/mol. The van der Waals surface area contributed by atoms with E-state index in [1.165, 1.54) is 99.1 Å². The molecule has 0 heteroatoms. The minimum atomic E-state index is 1.20. The third kappa shape index (κ3) is 5.75. The maximum Gasteiger partial charge on any atom is -0.00266 e. The van der Waals surface area contributed by atoms with Gasteiger partial charge in [0, 0.05) is 0 Å². The van der Waals surface area contributed by atoms with Gasteiger partial charge in [0.25, 0.3) is 0 Å². The van der Waals surface area contributed by atoms with Crippen molar-refractivity contribution in [2.24, 2.45) is 0 Å². The third-order valence-corrected chi connectivity index (χ3v) is 10.9. The summed E-state index contributed by atoms with van der Waals surface area (Å²) in [5.41, 5.74) is 14.7. The molecule has 0 aromatic heterocycles. The van der Waals surface area contributed by atoms with Gasteiger partial charge < -0.3 is 0 Å². The number of fused-ring (bicyclic) bond motifs is 3. The molecule has 0 bridgehead atoms. The van der Waals surface area contributed by atoms with Crippen molar-refractivity contribution in [1.29, 1.82) is 0 Å². The quantitative estimate of drug-likeness (QED) is 0.164. The summed E-state index contributed by atoms with van der Waals surface area (Å²) < 4.78 is 0. The first-order chi connectivity index (χ1) is 26.8. The molecule has 0 saturated heterocycles. The Hall–Kier alpha value is -7.02. The Morgan fingerprint density at radius 3 is 1.09 bits per heavy atom. The van der Waals surface area contributed by atoms with Gasteiger partial charge in [-0.2, -0.15) is 0 Å². The van der Waals surface area contributed by atoms with E-state index >= 15 is 0 Å².